The highest BCUT2D eigenvalue weighted by molar-refractivity contribution is 5.69. The number of carbonyl (C=O) groups excluding carboxylic acids is 1. The number of hydrogen-bond acceptors (Lipinski definition) is 3. The minimum atomic E-state index is -0.171. The second kappa shape index (κ2) is 5.83. The Labute approximate surface area is 119 Å². The van der Waals surface area contributed by atoms with Gasteiger partial charge < -0.3 is 15.4 Å². The molecule has 2 bridgehead atoms. The Bertz CT molecular complexity index is 449. The Morgan fingerprint density at radius 1 is 1.20 bits per heavy atom. The number of piperidine rings is 2. The third kappa shape index (κ3) is 2.80. The summed E-state index contributed by atoms with van der Waals surface area (Å²) < 4.78 is 5.49. The zero-order valence-electron chi connectivity index (χ0n) is 11.7. The zero-order valence-corrected chi connectivity index (χ0v) is 11.7. The van der Waals surface area contributed by atoms with Gasteiger partial charge in [0.05, 0.1) is 0 Å². The van der Waals surface area contributed by atoms with E-state index in [0.717, 1.165) is 31.2 Å². The van der Waals surface area contributed by atoms with E-state index in [1.807, 2.05) is 35.2 Å². The molecule has 4 nitrogen and oxygen atoms in total. The van der Waals surface area contributed by atoms with E-state index in [4.69, 9.17) is 10.5 Å². The van der Waals surface area contributed by atoms with E-state index < -0.39 is 0 Å². The average molecular weight is 274 g/mol. The van der Waals surface area contributed by atoms with Crippen molar-refractivity contribution in [3.63, 3.8) is 0 Å². The van der Waals surface area contributed by atoms with Crippen LogP contribution in [-0.2, 0) is 11.3 Å². The first-order chi connectivity index (χ1) is 9.74. The van der Waals surface area contributed by atoms with Crippen molar-refractivity contribution < 1.29 is 9.53 Å². The molecule has 1 amide bonds. The highest BCUT2D eigenvalue weighted by Crippen LogP contribution is 2.33. The number of amides is 1. The zero-order chi connectivity index (χ0) is 13.9. The van der Waals surface area contributed by atoms with Crippen LogP contribution in [0.3, 0.4) is 0 Å². The molecule has 2 heterocycles. The monoisotopic (exact) mass is 274 g/mol. The molecule has 1 aromatic carbocycles. The lowest BCUT2D eigenvalue weighted by atomic mass is 9.82. The summed E-state index contributed by atoms with van der Waals surface area (Å²) >= 11 is 0. The minimum absolute atomic E-state index is 0.171. The van der Waals surface area contributed by atoms with Gasteiger partial charge in [-0.2, -0.15) is 0 Å². The van der Waals surface area contributed by atoms with Crippen molar-refractivity contribution >= 4 is 6.09 Å². The van der Waals surface area contributed by atoms with Gasteiger partial charge in [-0.25, -0.2) is 4.79 Å². The number of ether oxygens (including phenoxy) is 1. The molecule has 2 aliphatic rings. The molecule has 0 radical (unpaired) electrons. The van der Waals surface area contributed by atoms with E-state index in [2.05, 4.69) is 0 Å². The normalized spacial score (nSPS) is 29.1. The minimum Gasteiger partial charge on any atom is -0.445 e. The molecule has 0 aromatic heterocycles. The Balaban J connectivity index is 1.62. The van der Waals surface area contributed by atoms with E-state index in [9.17, 15) is 4.79 Å². The molecule has 0 saturated carbocycles. The summed E-state index contributed by atoms with van der Waals surface area (Å²) in [7, 11) is 0. The molecule has 3 rings (SSSR count). The third-order valence-corrected chi connectivity index (χ3v) is 4.43. The lowest BCUT2D eigenvalue weighted by Crippen LogP contribution is -2.57. The third-order valence-electron chi connectivity index (χ3n) is 4.43. The molecular weight excluding hydrogens is 252 g/mol. The standard InChI is InChI=1S/C16H22N2O2/c17-13-9-14-7-4-8-15(10-13)18(14)16(19)20-11-12-5-2-1-3-6-12/h1-3,5-6,13-15H,4,7-11,17H2/t14-,15-/m1/s1. The van der Waals surface area contributed by atoms with Gasteiger partial charge in [0.25, 0.3) is 0 Å². The summed E-state index contributed by atoms with van der Waals surface area (Å²) in [6.07, 6.45) is 4.98. The van der Waals surface area contributed by atoms with Crippen molar-refractivity contribution in [2.24, 2.45) is 5.73 Å². The second-order valence-corrected chi connectivity index (χ2v) is 5.92. The van der Waals surface area contributed by atoms with Gasteiger partial charge in [0.15, 0.2) is 0 Å². The second-order valence-electron chi connectivity index (χ2n) is 5.92. The number of nitrogens with zero attached hydrogens (tertiary/aromatic N) is 1. The molecule has 2 saturated heterocycles. The smallest absolute Gasteiger partial charge is 0.410 e. The van der Waals surface area contributed by atoms with E-state index in [1.54, 1.807) is 0 Å². The Hall–Kier alpha value is -1.55. The van der Waals surface area contributed by atoms with Gasteiger partial charge in [-0.15, -0.1) is 0 Å². The molecule has 0 spiro atoms. The molecule has 20 heavy (non-hydrogen) atoms. The van der Waals surface area contributed by atoms with Gasteiger partial charge >= 0.3 is 6.09 Å². The van der Waals surface area contributed by atoms with Crippen molar-refractivity contribution in [3.8, 4) is 0 Å². The SMILES string of the molecule is NC1C[C@H]2CCC[C@H](C1)N2C(=O)OCc1ccccc1. The van der Waals surface area contributed by atoms with Crippen LogP contribution >= 0.6 is 0 Å². The number of rotatable bonds is 2. The number of fused-ring (bicyclic) bond motifs is 2. The van der Waals surface area contributed by atoms with Crippen LogP contribution in [0.2, 0.25) is 0 Å². The van der Waals surface area contributed by atoms with Crippen LogP contribution in [0.25, 0.3) is 0 Å². The first-order valence-corrected chi connectivity index (χ1v) is 7.48. The maximum atomic E-state index is 12.4. The van der Waals surface area contributed by atoms with Crippen LogP contribution < -0.4 is 5.73 Å². The van der Waals surface area contributed by atoms with Gasteiger partial charge in [-0.3, -0.25) is 0 Å². The highest BCUT2D eigenvalue weighted by atomic mass is 16.6. The van der Waals surface area contributed by atoms with E-state index in [-0.39, 0.29) is 24.2 Å². The van der Waals surface area contributed by atoms with Gasteiger partial charge in [-0.05, 0) is 37.7 Å². The average Bonchev–Trinajstić information content (AvgIpc) is 2.45. The predicted octanol–water partition coefficient (Wildman–Crippen LogP) is 2.67. The molecule has 2 aliphatic heterocycles. The maximum Gasteiger partial charge on any atom is 0.410 e. The van der Waals surface area contributed by atoms with Crippen LogP contribution in [0, 0.1) is 0 Å². The van der Waals surface area contributed by atoms with Crippen LogP contribution in [0.1, 0.15) is 37.7 Å². The lowest BCUT2D eigenvalue weighted by molar-refractivity contribution is 0.0147. The van der Waals surface area contributed by atoms with Crippen molar-refractivity contribution in [2.45, 2.75) is 56.8 Å². The summed E-state index contributed by atoms with van der Waals surface area (Å²) in [6.45, 7) is 0.349. The summed E-state index contributed by atoms with van der Waals surface area (Å²) in [5.74, 6) is 0. The largest absolute Gasteiger partial charge is 0.445 e. The number of hydrogen-bond donors (Lipinski definition) is 1. The molecule has 2 N–H and O–H groups in total. The van der Waals surface area contributed by atoms with Crippen molar-refractivity contribution in [2.75, 3.05) is 0 Å². The molecule has 1 aromatic rings. The summed E-state index contributed by atoms with van der Waals surface area (Å²) in [6, 6.07) is 10.6. The van der Waals surface area contributed by atoms with Gasteiger partial charge in [0.2, 0.25) is 0 Å². The lowest BCUT2D eigenvalue weighted by Gasteiger charge is -2.47. The van der Waals surface area contributed by atoms with Crippen LogP contribution in [0.4, 0.5) is 4.79 Å². The highest BCUT2D eigenvalue weighted by Gasteiger charge is 2.40. The molecule has 108 valence electrons. The molecule has 2 fully saturated rings. The molecule has 2 atom stereocenters. The Morgan fingerprint density at radius 2 is 1.85 bits per heavy atom. The first kappa shape index (κ1) is 13.4. The fourth-order valence-corrected chi connectivity index (χ4v) is 3.52. The maximum absolute atomic E-state index is 12.4. The van der Waals surface area contributed by atoms with Crippen molar-refractivity contribution in [1.29, 1.82) is 0 Å². The number of carbonyl (C=O) groups is 1. The van der Waals surface area contributed by atoms with Crippen molar-refractivity contribution in [3.05, 3.63) is 35.9 Å². The quantitative estimate of drug-likeness (QED) is 0.902. The predicted molar refractivity (Wildman–Crippen MR) is 77.1 cm³/mol. The van der Waals surface area contributed by atoms with Gasteiger partial charge in [0.1, 0.15) is 6.61 Å². The molecule has 4 heteroatoms. The molecule has 0 unspecified atom stereocenters. The van der Waals surface area contributed by atoms with Crippen LogP contribution in [0.15, 0.2) is 30.3 Å². The first-order valence-electron chi connectivity index (χ1n) is 7.48. The summed E-state index contributed by atoms with van der Waals surface area (Å²) in [5, 5.41) is 0. The topological polar surface area (TPSA) is 55.6 Å². The summed E-state index contributed by atoms with van der Waals surface area (Å²) in [5.41, 5.74) is 7.10. The van der Waals surface area contributed by atoms with Crippen LogP contribution in [0.5, 0.6) is 0 Å². The molecule has 0 aliphatic carbocycles. The fourth-order valence-electron chi connectivity index (χ4n) is 3.52. The number of nitrogens with two attached hydrogens (primary N) is 1. The van der Waals surface area contributed by atoms with E-state index in [0.29, 0.717) is 6.61 Å². The van der Waals surface area contributed by atoms with Crippen molar-refractivity contribution in [1.82, 2.24) is 4.90 Å². The Kier molecular flexibility index (Phi) is 3.92. The van der Waals surface area contributed by atoms with Gasteiger partial charge in [0, 0.05) is 18.1 Å². The van der Waals surface area contributed by atoms with E-state index >= 15 is 0 Å². The number of benzene rings is 1. The summed E-state index contributed by atoms with van der Waals surface area (Å²) in [4.78, 5) is 14.3. The Morgan fingerprint density at radius 3 is 2.50 bits per heavy atom. The van der Waals surface area contributed by atoms with Gasteiger partial charge in [-0.1, -0.05) is 30.3 Å². The fraction of sp³-hybridized carbons (Fsp3) is 0.562. The van der Waals surface area contributed by atoms with E-state index in [1.165, 1.54) is 6.42 Å². The molecular formula is C16H22N2O2. The van der Waals surface area contributed by atoms with Crippen LogP contribution in [-0.4, -0.2) is 29.1 Å².